The number of nitrogens with zero attached hydrogens (tertiary/aromatic N) is 2. The molecule has 2 aliphatic heterocycles. The van der Waals surface area contributed by atoms with E-state index in [0.29, 0.717) is 11.6 Å². The van der Waals surface area contributed by atoms with Gasteiger partial charge in [0.25, 0.3) is 5.91 Å². The van der Waals surface area contributed by atoms with Crippen molar-refractivity contribution in [3.63, 3.8) is 0 Å². The van der Waals surface area contributed by atoms with Crippen molar-refractivity contribution < 1.29 is 13.9 Å². The van der Waals surface area contributed by atoms with Gasteiger partial charge in [0.05, 0.1) is 6.26 Å². The number of pyridine rings is 1. The van der Waals surface area contributed by atoms with Gasteiger partial charge in [0.2, 0.25) is 5.88 Å². The van der Waals surface area contributed by atoms with Crippen LogP contribution >= 0.6 is 0 Å². The van der Waals surface area contributed by atoms with E-state index in [9.17, 15) is 4.79 Å². The molecule has 0 aromatic carbocycles. The summed E-state index contributed by atoms with van der Waals surface area (Å²) in [4.78, 5) is 18.8. The van der Waals surface area contributed by atoms with Crippen molar-refractivity contribution in [2.75, 3.05) is 0 Å². The zero-order chi connectivity index (χ0) is 14.9. The second-order valence-corrected chi connectivity index (χ2v) is 5.95. The first-order valence-corrected chi connectivity index (χ1v) is 7.75. The SMILES string of the molecule is O=C(c1ccco1)N1C2CCC1CC(Oc1ccccn1)C2. The van der Waals surface area contributed by atoms with Gasteiger partial charge in [0, 0.05) is 37.2 Å². The third-order valence-electron chi connectivity index (χ3n) is 4.58. The van der Waals surface area contributed by atoms with Crippen LogP contribution in [0.3, 0.4) is 0 Å². The number of piperidine rings is 1. The number of rotatable bonds is 3. The van der Waals surface area contributed by atoms with Crippen LogP contribution in [-0.2, 0) is 0 Å². The Bertz CT molecular complexity index is 627. The second-order valence-electron chi connectivity index (χ2n) is 5.95. The van der Waals surface area contributed by atoms with E-state index in [4.69, 9.17) is 9.15 Å². The lowest BCUT2D eigenvalue weighted by atomic mass is 9.99. The minimum atomic E-state index is 0.00814. The Labute approximate surface area is 128 Å². The molecule has 2 fully saturated rings. The third kappa shape index (κ3) is 2.36. The van der Waals surface area contributed by atoms with Crippen LogP contribution in [0, 0.1) is 0 Å². The van der Waals surface area contributed by atoms with E-state index in [0.717, 1.165) is 25.7 Å². The number of carbonyl (C=O) groups is 1. The van der Waals surface area contributed by atoms with E-state index >= 15 is 0 Å². The number of furan rings is 1. The number of hydrogen-bond donors (Lipinski definition) is 0. The average molecular weight is 298 g/mol. The lowest BCUT2D eigenvalue weighted by Crippen LogP contribution is -2.49. The van der Waals surface area contributed by atoms with Crippen LogP contribution < -0.4 is 4.74 Å². The Morgan fingerprint density at radius 1 is 1.18 bits per heavy atom. The molecule has 2 saturated heterocycles. The molecule has 5 nitrogen and oxygen atoms in total. The second kappa shape index (κ2) is 5.48. The highest BCUT2D eigenvalue weighted by Crippen LogP contribution is 2.38. The van der Waals surface area contributed by atoms with Gasteiger partial charge in [-0.05, 0) is 31.0 Å². The predicted molar refractivity (Wildman–Crippen MR) is 79.6 cm³/mol. The van der Waals surface area contributed by atoms with Crippen LogP contribution in [0.4, 0.5) is 0 Å². The molecule has 2 aliphatic rings. The molecule has 4 heterocycles. The van der Waals surface area contributed by atoms with Crippen LogP contribution in [0.15, 0.2) is 47.2 Å². The molecular formula is C17H18N2O3. The number of aromatic nitrogens is 1. The summed E-state index contributed by atoms with van der Waals surface area (Å²) >= 11 is 0. The maximum atomic E-state index is 12.6. The Kier molecular flexibility index (Phi) is 3.33. The number of fused-ring (bicyclic) bond motifs is 2. The van der Waals surface area contributed by atoms with Crippen LogP contribution in [-0.4, -0.2) is 34.0 Å². The van der Waals surface area contributed by atoms with Crippen molar-refractivity contribution in [3.05, 3.63) is 48.6 Å². The molecule has 114 valence electrons. The molecule has 1 amide bonds. The number of carbonyl (C=O) groups excluding carboxylic acids is 1. The summed E-state index contributed by atoms with van der Waals surface area (Å²) < 4.78 is 11.2. The smallest absolute Gasteiger partial charge is 0.290 e. The van der Waals surface area contributed by atoms with Gasteiger partial charge in [-0.15, -0.1) is 0 Å². The van der Waals surface area contributed by atoms with E-state index in [1.807, 2.05) is 23.1 Å². The van der Waals surface area contributed by atoms with Crippen molar-refractivity contribution >= 4 is 5.91 Å². The highest BCUT2D eigenvalue weighted by molar-refractivity contribution is 5.92. The van der Waals surface area contributed by atoms with Crippen molar-refractivity contribution in [2.24, 2.45) is 0 Å². The van der Waals surface area contributed by atoms with Crippen LogP contribution in [0.5, 0.6) is 5.88 Å². The van der Waals surface area contributed by atoms with Gasteiger partial charge < -0.3 is 14.1 Å². The molecule has 2 aromatic rings. The van der Waals surface area contributed by atoms with Gasteiger partial charge in [-0.25, -0.2) is 4.98 Å². The standard InChI is InChI=1S/C17H18N2O3/c20-17(15-4-3-9-21-15)19-12-6-7-13(19)11-14(10-12)22-16-5-1-2-8-18-16/h1-5,8-9,12-14H,6-7,10-11H2. The molecule has 4 rings (SSSR count). The Balaban J connectivity index is 1.47. The summed E-state index contributed by atoms with van der Waals surface area (Å²) in [5.41, 5.74) is 0. The average Bonchev–Trinajstić information content (AvgIpc) is 3.15. The molecule has 0 saturated carbocycles. The van der Waals surface area contributed by atoms with E-state index in [2.05, 4.69) is 4.98 Å². The molecular weight excluding hydrogens is 280 g/mol. The maximum Gasteiger partial charge on any atom is 0.290 e. The fourth-order valence-corrected chi connectivity index (χ4v) is 3.67. The monoisotopic (exact) mass is 298 g/mol. The highest BCUT2D eigenvalue weighted by atomic mass is 16.5. The van der Waals surface area contributed by atoms with E-state index in [1.54, 1.807) is 24.6 Å². The van der Waals surface area contributed by atoms with E-state index in [1.165, 1.54) is 0 Å². The van der Waals surface area contributed by atoms with Crippen molar-refractivity contribution in [2.45, 2.75) is 43.9 Å². The molecule has 22 heavy (non-hydrogen) atoms. The first-order valence-electron chi connectivity index (χ1n) is 7.75. The largest absolute Gasteiger partial charge is 0.474 e. The Hall–Kier alpha value is -2.30. The molecule has 0 radical (unpaired) electrons. The van der Waals surface area contributed by atoms with Gasteiger partial charge in [-0.3, -0.25) is 4.79 Å². The Morgan fingerprint density at radius 3 is 2.64 bits per heavy atom. The van der Waals surface area contributed by atoms with Crippen molar-refractivity contribution in [3.8, 4) is 5.88 Å². The first-order chi connectivity index (χ1) is 10.8. The molecule has 0 aliphatic carbocycles. The molecule has 5 heteroatoms. The van der Waals surface area contributed by atoms with Gasteiger partial charge in [-0.1, -0.05) is 6.07 Å². The van der Waals surface area contributed by atoms with Gasteiger partial charge in [0.1, 0.15) is 6.10 Å². The number of hydrogen-bond acceptors (Lipinski definition) is 4. The zero-order valence-electron chi connectivity index (χ0n) is 12.2. The van der Waals surface area contributed by atoms with Gasteiger partial charge in [0.15, 0.2) is 5.76 Å². The molecule has 2 aromatic heterocycles. The minimum Gasteiger partial charge on any atom is -0.474 e. The quantitative estimate of drug-likeness (QED) is 0.874. The Morgan fingerprint density at radius 2 is 2.00 bits per heavy atom. The van der Waals surface area contributed by atoms with E-state index in [-0.39, 0.29) is 24.1 Å². The predicted octanol–water partition coefficient (Wildman–Crippen LogP) is 2.89. The molecule has 0 N–H and O–H groups in total. The third-order valence-corrected chi connectivity index (χ3v) is 4.58. The summed E-state index contributed by atoms with van der Waals surface area (Å²) in [6, 6.07) is 9.65. The summed E-state index contributed by atoms with van der Waals surface area (Å²) in [7, 11) is 0. The van der Waals surface area contributed by atoms with Crippen LogP contribution in [0.1, 0.15) is 36.2 Å². The summed E-state index contributed by atoms with van der Waals surface area (Å²) in [5.74, 6) is 1.10. The molecule has 0 spiro atoms. The first kappa shape index (κ1) is 13.4. The molecule has 2 atom stereocenters. The van der Waals surface area contributed by atoms with Crippen molar-refractivity contribution in [1.82, 2.24) is 9.88 Å². The fourth-order valence-electron chi connectivity index (χ4n) is 3.67. The highest BCUT2D eigenvalue weighted by Gasteiger charge is 2.44. The molecule has 2 unspecified atom stereocenters. The van der Waals surface area contributed by atoms with Crippen LogP contribution in [0.2, 0.25) is 0 Å². The summed E-state index contributed by atoms with van der Waals surface area (Å²) in [6.07, 6.45) is 7.22. The van der Waals surface area contributed by atoms with E-state index < -0.39 is 0 Å². The minimum absolute atomic E-state index is 0.00814. The maximum absolute atomic E-state index is 12.6. The summed E-state index contributed by atoms with van der Waals surface area (Å²) in [5, 5.41) is 0. The van der Waals surface area contributed by atoms with Gasteiger partial charge >= 0.3 is 0 Å². The lowest BCUT2D eigenvalue weighted by molar-refractivity contribution is 0.0323. The molecule has 2 bridgehead atoms. The fraction of sp³-hybridized carbons (Fsp3) is 0.412. The van der Waals surface area contributed by atoms with Crippen LogP contribution in [0.25, 0.3) is 0 Å². The summed E-state index contributed by atoms with van der Waals surface area (Å²) in [6.45, 7) is 0. The van der Waals surface area contributed by atoms with Gasteiger partial charge in [-0.2, -0.15) is 0 Å². The topological polar surface area (TPSA) is 55.6 Å². The lowest BCUT2D eigenvalue weighted by Gasteiger charge is -2.38. The van der Waals surface area contributed by atoms with Crippen molar-refractivity contribution in [1.29, 1.82) is 0 Å². The number of amides is 1. The normalized spacial score (nSPS) is 26.9. The zero-order valence-corrected chi connectivity index (χ0v) is 12.2. The number of ether oxygens (including phenoxy) is 1.